The van der Waals surface area contributed by atoms with Crippen LogP contribution < -0.4 is 0 Å². The lowest BCUT2D eigenvalue weighted by Gasteiger charge is -1.82. The second-order valence-electron chi connectivity index (χ2n) is 2.51. The first kappa shape index (κ1) is 9.01. The van der Waals surface area contributed by atoms with Crippen molar-refractivity contribution in [2.75, 3.05) is 0 Å². The van der Waals surface area contributed by atoms with E-state index in [1.807, 2.05) is 0 Å². The fourth-order valence-electron chi connectivity index (χ4n) is 0.939. The van der Waals surface area contributed by atoms with Crippen molar-refractivity contribution in [3.63, 3.8) is 0 Å². The van der Waals surface area contributed by atoms with Gasteiger partial charge in [0.1, 0.15) is 12.0 Å². The highest BCUT2D eigenvalue weighted by atomic mass is 79.9. The normalized spacial score (nSPS) is 10.4. The van der Waals surface area contributed by atoms with Gasteiger partial charge >= 0.3 is 5.97 Å². The van der Waals surface area contributed by atoms with Gasteiger partial charge in [0, 0.05) is 12.1 Å². The summed E-state index contributed by atoms with van der Waals surface area (Å²) in [5.74, 6) is -0.921. The van der Waals surface area contributed by atoms with Crippen LogP contribution in [-0.4, -0.2) is 16.2 Å². The molecule has 2 heterocycles. The van der Waals surface area contributed by atoms with E-state index in [0.29, 0.717) is 11.5 Å². The SMILES string of the molecule is O=C(O)c1cc(-c2cc(Br)co2)no1. The van der Waals surface area contributed by atoms with E-state index < -0.39 is 5.97 Å². The van der Waals surface area contributed by atoms with E-state index in [4.69, 9.17) is 9.52 Å². The monoisotopic (exact) mass is 257 g/mol. The topological polar surface area (TPSA) is 76.5 Å². The van der Waals surface area contributed by atoms with Gasteiger partial charge in [0.15, 0.2) is 5.76 Å². The molecule has 0 aliphatic carbocycles. The van der Waals surface area contributed by atoms with Gasteiger partial charge in [0.25, 0.3) is 0 Å². The predicted octanol–water partition coefficient (Wildman–Crippen LogP) is 2.40. The number of hydrogen-bond acceptors (Lipinski definition) is 4. The third-order valence-corrected chi connectivity index (χ3v) is 1.96. The van der Waals surface area contributed by atoms with Crippen molar-refractivity contribution < 1.29 is 18.8 Å². The van der Waals surface area contributed by atoms with E-state index in [1.165, 1.54) is 12.3 Å². The molecule has 2 aromatic heterocycles. The molecule has 0 aromatic carbocycles. The van der Waals surface area contributed by atoms with Crippen LogP contribution in [0.1, 0.15) is 10.6 Å². The first-order valence-electron chi connectivity index (χ1n) is 3.61. The zero-order valence-electron chi connectivity index (χ0n) is 6.73. The highest BCUT2D eigenvalue weighted by Crippen LogP contribution is 2.24. The molecule has 14 heavy (non-hydrogen) atoms. The Morgan fingerprint density at radius 2 is 2.29 bits per heavy atom. The average molecular weight is 258 g/mol. The minimum atomic E-state index is -1.16. The van der Waals surface area contributed by atoms with Gasteiger partial charge in [-0.15, -0.1) is 0 Å². The van der Waals surface area contributed by atoms with Crippen LogP contribution in [0, 0.1) is 0 Å². The Balaban J connectivity index is 2.38. The number of furan rings is 1. The zero-order valence-corrected chi connectivity index (χ0v) is 8.32. The standard InChI is InChI=1S/C8H4BrNO4/c9-4-1-6(13-3-4)5-2-7(8(11)12)14-10-5/h1-3H,(H,11,12). The molecule has 6 heteroatoms. The van der Waals surface area contributed by atoms with Crippen LogP contribution in [0.3, 0.4) is 0 Å². The average Bonchev–Trinajstić information content (AvgIpc) is 2.70. The summed E-state index contributed by atoms with van der Waals surface area (Å²) in [6.07, 6.45) is 1.48. The van der Waals surface area contributed by atoms with Crippen molar-refractivity contribution in [1.29, 1.82) is 0 Å². The molecule has 0 aliphatic heterocycles. The molecule has 0 saturated carbocycles. The number of aromatic carboxylic acids is 1. The number of hydrogen-bond donors (Lipinski definition) is 1. The molecule has 72 valence electrons. The third-order valence-electron chi connectivity index (χ3n) is 1.54. The van der Waals surface area contributed by atoms with Gasteiger partial charge in [0.05, 0.1) is 4.47 Å². The second-order valence-corrected chi connectivity index (χ2v) is 3.43. The van der Waals surface area contributed by atoms with Crippen molar-refractivity contribution >= 4 is 21.9 Å². The van der Waals surface area contributed by atoms with E-state index >= 15 is 0 Å². The zero-order chi connectivity index (χ0) is 10.1. The summed E-state index contributed by atoms with van der Waals surface area (Å²) in [7, 11) is 0. The summed E-state index contributed by atoms with van der Waals surface area (Å²) in [5.41, 5.74) is 0.355. The summed E-state index contributed by atoms with van der Waals surface area (Å²) >= 11 is 3.20. The van der Waals surface area contributed by atoms with Crippen LogP contribution in [-0.2, 0) is 0 Å². The Bertz CT molecular complexity index is 473. The number of carbonyl (C=O) groups is 1. The van der Waals surface area contributed by atoms with E-state index in [1.54, 1.807) is 6.07 Å². The predicted molar refractivity (Wildman–Crippen MR) is 48.9 cm³/mol. The first-order valence-corrected chi connectivity index (χ1v) is 4.40. The lowest BCUT2D eigenvalue weighted by molar-refractivity contribution is 0.0652. The molecule has 0 amide bonds. The number of carboxylic acid groups (broad SMARTS) is 1. The number of carboxylic acids is 1. The maximum absolute atomic E-state index is 10.5. The van der Waals surface area contributed by atoms with Gasteiger partial charge in [-0.05, 0) is 15.9 Å². The van der Waals surface area contributed by atoms with Gasteiger partial charge in [-0.2, -0.15) is 0 Å². The molecule has 2 rings (SSSR count). The van der Waals surface area contributed by atoms with Crippen LogP contribution in [0.5, 0.6) is 0 Å². The molecule has 0 radical (unpaired) electrons. The van der Waals surface area contributed by atoms with E-state index in [2.05, 4.69) is 25.6 Å². The molecule has 0 fully saturated rings. The summed E-state index contributed by atoms with van der Waals surface area (Å²) in [5, 5.41) is 12.1. The van der Waals surface area contributed by atoms with Crippen LogP contribution in [0.25, 0.3) is 11.5 Å². The van der Waals surface area contributed by atoms with Gasteiger partial charge in [0.2, 0.25) is 5.76 Å². The van der Waals surface area contributed by atoms with Crippen molar-refractivity contribution in [3.05, 3.63) is 28.6 Å². The van der Waals surface area contributed by atoms with Gasteiger partial charge in [-0.3, -0.25) is 0 Å². The molecule has 0 aliphatic rings. The minimum absolute atomic E-state index is 0.215. The van der Waals surface area contributed by atoms with Gasteiger partial charge in [-0.25, -0.2) is 4.79 Å². The molecule has 0 atom stereocenters. The molecule has 2 aromatic rings. The molecule has 0 spiro atoms. The number of nitrogens with zero attached hydrogens (tertiary/aromatic N) is 1. The van der Waals surface area contributed by atoms with Crippen LogP contribution >= 0.6 is 15.9 Å². The maximum Gasteiger partial charge on any atom is 0.374 e. The summed E-state index contributed by atoms with van der Waals surface area (Å²) in [6, 6.07) is 2.97. The molecular formula is C8H4BrNO4. The van der Waals surface area contributed by atoms with E-state index in [-0.39, 0.29) is 5.76 Å². The molecule has 0 bridgehead atoms. The highest BCUT2D eigenvalue weighted by Gasteiger charge is 2.14. The van der Waals surface area contributed by atoms with E-state index in [9.17, 15) is 4.79 Å². The minimum Gasteiger partial charge on any atom is -0.475 e. The lowest BCUT2D eigenvalue weighted by Crippen LogP contribution is -1.91. The molecule has 0 saturated heterocycles. The Hall–Kier alpha value is -1.56. The van der Waals surface area contributed by atoms with Crippen LogP contribution in [0.15, 0.2) is 31.8 Å². The number of halogens is 1. The number of rotatable bonds is 2. The first-order chi connectivity index (χ1) is 6.66. The largest absolute Gasteiger partial charge is 0.475 e. The Morgan fingerprint density at radius 3 is 2.79 bits per heavy atom. The summed E-state index contributed by atoms with van der Waals surface area (Å²) < 4.78 is 10.4. The molecule has 1 N–H and O–H groups in total. The van der Waals surface area contributed by atoms with Gasteiger partial charge < -0.3 is 14.0 Å². The van der Waals surface area contributed by atoms with Crippen molar-refractivity contribution in [3.8, 4) is 11.5 Å². The van der Waals surface area contributed by atoms with Crippen molar-refractivity contribution in [2.45, 2.75) is 0 Å². The smallest absolute Gasteiger partial charge is 0.374 e. The maximum atomic E-state index is 10.5. The summed E-state index contributed by atoms with van der Waals surface area (Å²) in [4.78, 5) is 10.5. The fraction of sp³-hybridized carbons (Fsp3) is 0. The van der Waals surface area contributed by atoms with Crippen molar-refractivity contribution in [1.82, 2.24) is 5.16 Å². The van der Waals surface area contributed by atoms with E-state index in [0.717, 1.165) is 4.47 Å². The number of aromatic nitrogens is 1. The Morgan fingerprint density at radius 1 is 1.50 bits per heavy atom. The summed E-state index contributed by atoms with van der Waals surface area (Å²) in [6.45, 7) is 0. The quantitative estimate of drug-likeness (QED) is 0.894. The second kappa shape index (κ2) is 3.30. The molecule has 0 unspecified atom stereocenters. The third kappa shape index (κ3) is 1.56. The molecule has 5 nitrogen and oxygen atoms in total. The van der Waals surface area contributed by atoms with Crippen LogP contribution in [0.2, 0.25) is 0 Å². The highest BCUT2D eigenvalue weighted by molar-refractivity contribution is 9.10. The Kier molecular flexibility index (Phi) is 2.12. The molecular weight excluding hydrogens is 254 g/mol. The van der Waals surface area contributed by atoms with Gasteiger partial charge in [-0.1, -0.05) is 5.16 Å². The van der Waals surface area contributed by atoms with Crippen LogP contribution in [0.4, 0.5) is 0 Å². The fourth-order valence-corrected chi connectivity index (χ4v) is 1.24. The lowest BCUT2D eigenvalue weighted by atomic mass is 10.3. The Labute approximate surface area is 86.4 Å². The van der Waals surface area contributed by atoms with Crippen molar-refractivity contribution in [2.24, 2.45) is 0 Å².